The third kappa shape index (κ3) is 9.40. The van der Waals surface area contributed by atoms with E-state index in [4.69, 9.17) is 0 Å². The van der Waals surface area contributed by atoms with Crippen LogP contribution in [0.3, 0.4) is 0 Å². The van der Waals surface area contributed by atoms with Crippen molar-refractivity contribution in [1.29, 1.82) is 0 Å². The number of rotatable bonds is 11. The molecular weight excluding hydrogens is 785 g/mol. The fraction of sp³-hybridized carbons (Fsp3) is 0.175. The number of allylic oxidation sites excluding steroid dienone is 8. The van der Waals surface area contributed by atoms with Crippen LogP contribution < -0.4 is 4.90 Å². The average molecular weight is 845 g/mol. The van der Waals surface area contributed by atoms with Gasteiger partial charge in [-0.25, -0.2) is 0 Å². The maximum atomic E-state index is 4.12. The minimum absolute atomic E-state index is 0.174. The molecule has 1 aliphatic rings. The highest BCUT2D eigenvalue weighted by Crippen LogP contribution is 2.44. The van der Waals surface area contributed by atoms with Gasteiger partial charge in [-0.15, -0.1) is 0 Å². The lowest BCUT2D eigenvalue weighted by molar-refractivity contribution is 0.229. The van der Waals surface area contributed by atoms with E-state index in [1.165, 1.54) is 66.3 Å². The topological polar surface area (TPSA) is 8.17 Å². The summed E-state index contributed by atoms with van der Waals surface area (Å²) in [6, 6.07) is 62.5. The molecule has 0 bridgehead atoms. The van der Waals surface area contributed by atoms with Crippen molar-refractivity contribution in [3.63, 3.8) is 0 Å². The van der Waals surface area contributed by atoms with Gasteiger partial charge in [0.25, 0.3) is 0 Å². The summed E-state index contributed by atoms with van der Waals surface area (Å²) in [6.07, 6.45) is 16.9. The highest BCUT2D eigenvalue weighted by molar-refractivity contribution is 6.11. The molecular formula is C63H60N2. The van der Waals surface area contributed by atoms with Crippen LogP contribution in [0.25, 0.3) is 60.9 Å². The van der Waals surface area contributed by atoms with Crippen LogP contribution in [0.2, 0.25) is 0 Å². The van der Waals surface area contributed by atoms with Gasteiger partial charge in [-0.3, -0.25) is 0 Å². The average Bonchev–Trinajstić information content (AvgIpc) is 3.65. The molecule has 8 aromatic rings. The van der Waals surface area contributed by atoms with Gasteiger partial charge in [0.05, 0.1) is 11.0 Å². The molecule has 2 nitrogen and oxygen atoms in total. The third-order valence-electron chi connectivity index (χ3n) is 12.8. The van der Waals surface area contributed by atoms with E-state index in [1.54, 1.807) is 0 Å². The number of hydrogen-bond donors (Lipinski definition) is 0. The van der Waals surface area contributed by atoms with Crippen LogP contribution in [-0.4, -0.2) is 4.57 Å². The predicted octanol–water partition coefficient (Wildman–Crippen LogP) is 18.0. The standard InChI is InChI=1S/C63H60N2/c1-8-18-56(41-45-19-12-9-13-20-45)64(54-35-29-47(30-36-54)46-21-14-10-15-22-46)55-37-31-49(32-38-55)52-34-40-61-58(43-52)57-42-51(33-39-60(57)65(61)53-23-16-11-17-24-53)48-25-27-50(28-26-48)59(63(5,6)7)44-62(2,3)4/h8-19,21-43,59H,1,20,44H2,2-7H3/b45-41-,56-18+. The van der Waals surface area contributed by atoms with Gasteiger partial charge in [0.15, 0.2) is 0 Å². The van der Waals surface area contributed by atoms with Gasteiger partial charge in [-0.2, -0.15) is 0 Å². The fourth-order valence-electron chi connectivity index (χ4n) is 9.50. The van der Waals surface area contributed by atoms with Crippen molar-refractivity contribution in [2.75, 3.05) is 4.90 Å². The van der Waals surface area contributed by atoms with Crippen LogP contribution in [0.1, 0.15) is 65.9 Å². The Kier molecular flexibility index (Phi) is 12.0. The van der Waals surface area contributed by atoms with E-state index in [9.17, 15) is 0 Å². The SMILES string of the molecule is C=C/C=C(\C=C1\C=CC=CC1)N(c1ccc(-c2ccccc2)cc1)c1ccc(-c2ccc3c(c2)c2cc(-c4ccc(C(CC(C)(C)C)C(C)(C)C)cc4)ccc2n3-c2ccccc2)cc1. The highest BCUT2D eigenvalue weighted by atomic mass is 15.1. The molecule has 0 saturated carbocycles. The maximum Gasteiger partial charge on any atom is 0.0541 e. The molecule has 1 unspecified atom stereocenters. The van der Waals surface area contributed by atoms with Gasteiger partial charge in [0, 0.05) is 33.5 Å². The van der Waals surface area contributed by atoms with Gasteiger partial charge in [-0.1, -0.05) is 188 Å². The molecule has 322 valence electrons. The molecule has 2 heteroatoms. The number of anilines is 2. The number of benzene rings is 7. The van der Waals surface area contributed by atoms with E-state index >= 15 is 0 Å². The summed E-state index contributed by atoms with van der Waals surface area (Å²) in [6.45, 7) is 18.3. The van der Waals surface area contributed by atoms with Gasteiger partial charge in [-0.05, 0) is 147 Å². The number of hydrogen-bond acceptors (Lipinski definition) is 1. The molecule has 0 saturated heterocycles. The summed E-state index contributed by atoms with van der Waals surface area (Å²) in [4.78, 5) is 2.33. The Morgan fingerprint density at radius 2 is 1.08 bits per heavy atom. The Labute approximate surface area is 386 Å². The van der Waals surface area contributed by atoms with Crippen LogP contribution >= 0.6 is 0 Å². The van der Waals surface area contributed by atoms with Crippen LogP contribution in [-0.2, 0) is 0 Å². The molecule has 65 heavy (non-hydrogen) atoms. The molecule has 1 aliphatic carbocycles. The minimum atomic E-state index is 0.174. The van der Waals surface area contributed by atoms with Crippen molar-refractivity contribution in [1.82, 2.24) is 4.57 Å². The molecule has 1 heterocycles. The van der Waals surface area contributed by atoms with Crippen LogP contribution in [0.5, 0.6) is 0 Å². The van der Waals surface area contributed by atoms with Crippen LogP contribution in [0.4, 0.5) is 11.4 Å². The molecule has 0 aliphatic heterocycles. The normalized spacial score (nSPS) is 14.3. The van der Waals surface area contributed by atoms with Crippen molar-refractivity contribution in [3.05, 3.63) is 236 Å². The van der Waals surface area contributed by atoms with E-state index in [2.05, 4.69) is 264 Å². The van der Waals surface area contributed by atoms with Gasteiger partial charge < -0.3 is 9.47 Å². The first-order valence-electron chi connectivity index (χ1n) is 23.1. The summed E-state index contributed by atoms with van der Waals surface area (Å²) >= 11 is 0. The summed E-state index contributed by atoms with van der Waals surface area (Å²) in [5.74, 6) is 0.476. The zero-order valence-corrected chi connectivity index (χ0v) is 38.8. The van der Waals surface area contributed by atoms with Gasteiger partial charge in [0.2, 0.25) is 0 Å². The van der Waals surface area contributed by atoms with Crippen molar-refractivity contribution in [2.24, 2.45) is 10.8 Å². The lowest BCUT2D eigenvalue weighted by Crippen LogP contribution is -2.23. The molecule has 1 atom stereocenters. The van der Waals surface area contributed by atoms with E-state index in [-0.39, 0.29) is 10.8 Å². The van der Waals surface area contributed by atoms with Crippen molar-refractivity contribution in [3.8, 4) is 39.1 Å². The molecule has 0 spiro atoms. The Balaban J connectivity index is 1.11. The second kappa shape index (κ2) is 18.1. The number of fused-ring (bicyclic) bond motifs is 3. The zero-order chi connectivity index (χ0) is 45.1. The van der Waals surface area contributed by atoms with E-state index in [0.29, 0.717) is 5.92 Å². The second-order valence-corrected chi connectivity index (χ2v) is 19.8. The smallest absolute Gasteiger partial charge is 0.0541 e. The first-order chi connectivity index (χ1) is 31.4. The molecule has 7 aromatic carbocycles. The first kappa shape index (κ1) is 43.1. The molecule has 0 N–H and O–H groups in total. The highest BCUT2D eigenvalue weighted by Gasteiger charge is 2.30. The molecule has 0 radical (unpaired) electrons. The molecule has 9 rings (SSSR count). The Bertz CT molecular complexity index is 3070. The summed E-state index contributed by atoms with van der Waals surface area (Å²) in [5.41, 5.74) is 17.0. The fourth-order valence-corrected chi connectivity index (χ4v) is 9.50. The predicted molar refractivity (Wildman–Crippen MR) is 281 cm³/mol. The maximum absolute atomic E-state index is 4.12. The molecule has 0 fully saturated rings. The van der Waals surface area contributed by atoms with Gasteiger partial charge in [0.1, 0.15) is 0 Å². The third-order valence-corrected chi connectivity index (χ3v) is 12.8. The lowest BCUT2D eigenvalue weighted by atomic mass is 9.69. The van der Waals surface area contributed by atoms with Gasteiger partial charge >= 0.3 is 0 Å². The summed E-state index contributed by atoms with van der Waals surface area (Å²) in [7, 11) is 0. The Hall–Kier alpha value is -7.16. The molecule has 1 aromatic heterocycles. The van der Waals surface area contributed by atoms with Crippen molar-refractivity contribution < 1.29 is 0 Å². The zero-order valence-electron chi connectivity index (χ0n) is 38.8. The first-order valence-corrected chi connectivity index (χ1v) is 23.1. The second-order valence-electron chi connectivity index (χ2n) is 19.8. The quantitative estimate of drug-likeness (QED) is 0.118. The Morgan fingerprint density at radius 3 is 1.57 bits per heavy atom. The van der Waals surface area contributed by atoms with Crippen molar-refractivity contribution >= 4 is 33.2 Å². The largest absolute Gasteiger partial charge is 0.310 e. The van der Waals surface area contributed by atoms with Crippen LogP contribution in [0.15, 0.2) is 230 Å². The minimum Gasteiger partial charge on any atom is -0.310 e. The summed E-state index contributed by atoms with van der Waals surface area (Å²) in [5, 5.41) is 2.48. The molecule has 0 amide bonds. The lowest BCUT2D eigenvalue weighted by Gasteiger charge is -2.36. The number of aromatic nitrogens is 1. The van der Waals surface area contributed by atoms with E-state index in [1.807, 2.05) is 6.08 Å². The Morgan fingerprint density at radius 1 is 0.585 bits per heavy atom. The summed E-state index contributed by atoms with van der Waals surface area (Å²) < 4.78 is 2.41. The van der Waals surface area contributed by atoms with Crippen molar-refractivity contribution in [2.45, 2.75) is 60.3 Å². The number of nitrogens with zero attached hydrogens (tertiary/aromatic N) is 2. The van der Waals surface area contributed by atoms with E-state index < -0.39 is 0 Å². The van der Waals surface area contributed by atoms with E-state index in [0.717, 1.165) is 35.6 Å². The number of para-hydroxylation sites is 1. The van der Waals surface area contributed by atoms with Crippen LogP contribution in [0, 0.1) is 10.8 Å². The monoisotopic (exact) mass is 844 g/mol.